The number of benzene rings is 1. The Bertz CT molecular complexity index is 622. The first kappa shape index (κ1) is 18.9. The van der Waals surface area contributed by atoms with Crippen molar-refractivity contribution in [2.75, 3.05) is 44.6 Å². The Morgan fingerprint density at radius 3 is 2.63 bits per heavy atom. The van der Waals surface area contributed by atoms with Crippen molar-refractivity contribution < 1.29 is 9.53 Å². The molecule has 1 atom stereocenters. The first-order valence-electron chi connectivity index (χ1n) is 10.8. The molecule has 148 valence electrons. The molecule has 1 aliphatic carbocycles. The van der Waals surface area contributed by atoms with Gasteiger partial charge in [0.25, 0.3) is 5.91 Å². The smallest absolute Gasteiger partial charge is 0.253 e. The molecule has 0 aromatic heterocycles. The van der Waals surface area contributed by atoms with E-state index >= 15 is 0 Å². The molecule has 1 saturated heterocycles. The van der Waals surface area contributed by atoms with Crippen molar-refractivity contribution in [3.63, 3.8) is 0 Å². The number of hydrogen-bond donors (Lipinski definition) is 1. The predicted octanol–water partition coefficient (Wildman–Crippen LogP) is 2.91. The molecule has 5 heteroatoms. The minimum absolute atomic E-state index is 0.00482. The third-order valence-electron chi connectivity index (χ3n) is 6.41. The molecule has 0 radical (unpaired) electrons. The molecule has 4 rings (SSSR count). The van der Waals surface area contributed by atoms with E-state index in [1.807, 2.05) is 18.2 Å². The van der Waals surface area contributed by atoms with Crippen LogP contribution in [-0.2, 0) is 16.0 Å². The second-order valence-corrected chi connectivity index (χ2v) is 8.23. The van der Waals surface area contributed by atoms with Gasteiger partial charge in [-0.1, -0.05) is 37.5 Å². The lowest BCUT2D eigenvalue weighted by molar-refractivity contribution is -0.128. The lowest BCUT2D eigenvalue weighted by Crippen LogP contribution is -2.51. The fourth-order valence-corrected chi connectivity index (χ4v) is 4.77. The Balaban J connectivity index is 1.14. The molecule has 0 bridgehead atoms. The van der Waals surface area contributed by atoms with E-state index in [2.05, 4.69) is 21.2 Å². The largest absolute Gasteiger partial charge is 0.368 e. The molecule has 2 aliphatic heterocycles. The number of rotatable bonds is 6. The molecule has 5 nitrogen and oxygen atoms in total. The maximum atomic E-state index is 12.2. The molecule has 1 unspecified atom stereocenters. The quantitative estimate of drug-likeness (QED) is 0.781. The Kier molecular flexibility index (Phi) is 6.43. The van der Waals surface area contributed by atoms with Gasteiger partial charge in [0.15, 0.2) is 0 Å². The summed E-state index contributed by atoms with van der Waals surface area (Å²) in [4.78, 5) is 17.5. The van der Waals surface area contributed by atoms with Gasteiger partial charge in [-0.2, -0.15) is 0 Å². The standard InChI is InChI=1S/C22H33N3O2/c26-22-21(17-18-7-4-5-10-20(18)23-22)27-16-6-11-24-12-14-25(15-13-24)19-8-2-1-3-9-19/h4-5,7,10,19,21H,1-3,6,8-9,11-17H2,(H,23,26). The highest BCUT2D eigenvalue weighted by molar-refractivity contribution is 5.97. The summed E-state index contributed by atoms with van der Waals surface area (Å²) in [5, 5.41) is 2.96. The van der Waals surface area contributed by atoms with Crippen molar-refractivity contribution in [3.8, 4) is 0 Å². The highest BCUT2D eigenvalue weighted by Gasteiger charge is 2.27. The highest BCUT2D eigenvalue weighted by Crippen LogP contribution is 2.24. The summed E-state index contributed by atoms with van der Waals surface area (Å²) < 4.78 is 5.91. The van der Waals surface area contributed by atoms with E-state index < -0.39 is 0 Å². The van der Waals surface area contributed by atoms with Crippen molar-refractivity contribution in [3.05, 3.63) is 29.8 Å². The molecule has 0 spiro atoms. The molecule has 1 aromatic carbocycles. The van der Waals surface area contributed by atoms with Crippen molar-refractivity contribution in [2.45, 2.75) is 57.1 Å². The number of carbonyl (C=O) groups is 1. The van der Waals surface area contributed by atoms with Crippen LogP contribution in [0.25, 0.3) is 0 Å². The molecule has 3 aliphatic rings. The number of para-hydroxylation sites is 1. The van der Waals surface area contributed by atoms with E-state index in [0.717, 1.165) is 24.7 Å². The van der Waals surface area contributed by atoms with Crippen molar-refractivity contribution >= 4 is 11.6 Å². The van der Waals surface area contributed by atoms with E-state index in [1.165, 1.54) is 63.8 Å². The van der Waals surface area contributed by atoms with Crippen LogP contribution in [0.5, 0.6) is 0 Å². The number of nitrogens with zero attached hydrogens (tertiary/aromatic N) is 2. The van der Waals surface area contributed by atoms with Crippen LogP contribution in [0.4, 0.5) is 5.69 Å². The number of piperazine rings is 1. The molecule has 1 saturated carbocycles. The maximum Gasteiger partial charge on any atom is 0.253 e. The van der Waals surface area contributed by atoms with Gasteiger partial charge in [-0.25, -0.2) is 0 Å². The Morgan fingerprint density at radius 1 is 1.04 bits per heavy atom. The van der Waals surface area contributed by atoms with E-state index in [9.17, 15) is 4.79 Å². The molecule has 27 heavy (non-hydrogen) atoms. The first-order valence-corrected chi connectivity index (χ1v) is 10.8. The summed E-state index contributed by atoms with van der Waals surface area (Å²) in [5.41, 5.74) is 2.10. The zero-order chi connectivity index (χ0) is 18.5. The van der Waals surface area contributed by atoms with Crippen molar-refractivity contribution in [1.82, 2.24) is 9.80 Å². The fraction of sp³-hybridized carbons (Fsp3) is 0.682. The normalized spacial score (nSPS) is 25.2. The third-order valence-corrected chi connectivity index (χ3v) is 6.41. The molecule has 2 fully saturated rings. The van der Waals surface area contributed by atoms with Gasteiger partial charge in [0.1, 0.15) is 6.10 Å². The van der Waals surface area contributed by atoms with Crippen LogP contribution in [0.3, 0.4) is 0 Å². The van der Waals surface area contributed by atoms with Gasteiger partial charge in [-0.3, -0.25) is 9.69 Å². The Labute approximate surface area is 163 Å². The van der Waals surface area contributed by atoms with E-state index in [4.69, 9.17) is 4.74 Å². The second kappa shape index (κ2) is 9.18. The van der Waals surface area contributed by atoms with Crippen LogP contribution in [0.1, 0.15) is 44.1 Å². The number of amides is 1. The lowest BCUT2D eigenvalue weighted by Gasteiger charge is -2.40. The summed E-state index contributed by atoms with van der Waals surface area (Å²) in [7, 11) is 0. The van der Waals surface area contributed by atoms with E-state index in [0.29, 0.717) is 13.0 Å². The van der Waals surface area contributed by atoms with Gasteiger partial charge >= 0.3 is 0 Å². The molecule has 1 N–H and O–H groups in total. The fourth-order valence-electron chi connectivity index (χ4n) is 4.77. The van der Waals surface area contributed by atoms with Gasteiger partial charge in [-0.05, 0) is 30.9 Å². The number of anilines is 1. The molecule has 2 heterocycles. The third kappa shape index (κ3) is 4.89. The van der Waals surface area contributed by atoms with Crippen molar-refractivity contribution in [2.24, 2.45) is 0 Å². The number of hydrogen-bond acceptors (Lipinski definition) is 4. The second-order valence-electron chi connectivity index (χ2n) is 8.23. The summed E-state index contributed by atoms with van der Waals surface area (Å²) in [6.45, 7) is 6.51. The van der Waals surface area contributed by atoms with E-state index in [1.54, 1.807) is 0 Å². The van der Waals surface area contributed by atoms with Crippen LogP contribution >= 0.6 is 0 Å². The van der Waals surface area contributed by atoms with Gasteiger partial charge < -0.3 is 15.0 Å². The van der Waals surface area contributed by atoms with Crippen LogP contribution in [-0.4, -0.2) is 67.2 Å². The number of carbonyl (C=O) groups excluding carboxylic acids is 1. The maximum absolute atomic E-state index is 12.2. The molecular weight excluding hydrogens is 338 g/mol. The first-order chi connectivity index (χ1) is 13.3. The molecule has 1 amide bonds. The number of ether oxygens (including phenoxy) is 1. The molecular formula is C22H33N3O2. The minimum atomic E-state index is -0.344. The SMILES string of the molecule is O=C1Nc2ccccc2CC1OCCCN1CCN(C2CCCCC2)CC1. The van der Waals surface area contributed by atoms with Crippen LogP contribution in [0.2, 0.25) is 0 Å². The van der Waals surface area contributed by atoms with Crippen LogP contribution in [0, 0.1) is 0 Å². The summed E-state index contributed by atoms with van der Waals surface area (Å²) in [6.07, 6.45) is 8.41. The zero-order valence-electron chi connectivity index (χ0n) is 16.4. The number of nitrogens with one attached hydrogen (secondary N) is 1. The summed E-state index contributed by atoms with van der Waals surface area (Å²) in [6, 6.07) is 8.83. The van der Waals surface area contributed by atoms with Gasteiger partial charge in [0.05, 0.1) is 0 Å². The lowest BCUT2D eigenvalue weighted by atomic mass is 9.94. The average molecular weight is 372 g/mol. The monoisotopic (exact) mass is 371 g/mol. The zero-order valence-corrected chi connectivity index (χ0v) is 16.4. The Morgan fingerprint density at radius 2 is 1.81 bits per heavy atom. The average Bonchev–Trinajstić information content (AvgIpc) is 2.72. The predicted molar refractivity (Wildman–Crippen MR) is 108 cm³/mol. The highest BCUT2D eigenvalue weighted by atomic mass is 16.5. The topological polar surface area (TPSA) is 44.8 Å². The summed E-state index contributed by atoms with van der Waals surface area (Å²) >= 11 is 0. The molecule has 1 aromatic rings. The Hall–Kier alpha value is -1.43. The van der Waals surface area contributed by atoms with Crippen LogP contribution in [0.15, 0.2) is 24.3 Å². The van der Waals surface area contributed by atoms with Crippen LogP contribution < -0.4 is 5.32 Å². The summed E-state index contributed by atoms with van der Waals surface area (Å²) in [5.74, 6) is -0.00482. The van der Waals surface area contributed by atoms with Gasteiger partial charge in [0.2, 0.25) is 0 Å². The van der Waals surface area contributed by atoms with Gasteiger partial charge in [0, 0.05) is 57.5 Å². The van der Waals surface area contributed by atoms with Crippen molar-refractivity contribution in [1.29, 1.82) is 0 Å². The minimum Gasteiger partial charge on any atom is -0.368 e. The number of fused-ring (bicyclic) bond motifs is 1. The van der Waals surface area contributed by atoms with E-state index in [-0.39, 0.29) is 12.0 Å². The van der Waals surface area contributed by atoms with Gasteiger partial charge in [-0.15, -0.1) is 0 Å².